The molecule has 0 spiro atoms. The minimum Gasteiger partial charge on any atom is -0.379 e. The SMILES string of the molecule is CCOCCOCCCCn1cnc(-c2ccccc2)c1-c1ccccc1. The highest BCUT2D eigenvalue weighted by atomic mass is 16.5. The van der Waals surface area contributed by atoms with Gasteiger partial charge in [-0.05, 0) is 19.8 Å². The fourth-order valence-corrected chi connectivity index (χ4v) is 3.11. The molecule has 27 heavy (non-hydrogen) atoms. The van der Waals surface area contributed by atoms with E-state index in [0.29, 0.717) is 13.2 Å². The molecule has 142 valence electrons. The van der Waals surface area contributed by atoms with Gasteiger partial charge in [-0.15, -0.1) is 0 Å². The number of unbranched alkanes of at least 4 members (excludes halogenated alkanes) is 1. The Balaban J connectivity index is 1.66. The molecule has 4 nitrogen and oxygen atoms in total. The molecular weight excluding hydrogens is 336 g/mol. The fraction of sp³-hybridized carbons (Fsp3) is 0.348. The third kappa shape index (κ3) is 5.52. The quantitative estimate of drug-likeness (QED) is 0.447. The van der Waals surface area contributed by atoms with E-state index in [2.05, 4.69) is 53.1 Å². The maximum absolute atomic E-state index is 5.61. The van der Waals surface area contributed by atoms with Crippen LogP contribution in [0.1, 0.15) is 19.8 Å². The summed E-state index contributed by atoms with van der Waals surface area (Å²) in [7, 11) is 0. The lowest BCUT2D eigenvalue weighted by Crippen LogP contribution is -2.06. The monoisotopic (exact) mass is 364 g/mol. The van der Waals surface area contributed by atoms with Gasteiger partial charge in [-0.1, -0.05) is 60.7 Å². The second-order valence-electron chi connectivity index (χ2n) is 6.38. The van der Waals surface area contributed by atoms with Crippen molar-refractivity contribution in [1.29, 1.82) is 0 Å². The summed E-state index contributed by atoms with van der Waals surface area (Å²) in [6.07, 6.45) is 4.04. The van der Waals surface area contributed by atoms with Gasteiger partial charge in [-0.3, -0.25) is 0 Å². The lowest BCUT2D eigenvalue weighted by atomic mass is 10.0. The number of hydrogen-bond donors (Lipinski definition) is 0. The molecular formula is C23H28N2O2. The summed E-state index contributed by atoms with van der Waals surface area (Å²) in [5.41, 5.74) is 4.56. The van der Waals surface area contributed by atoms with Crippen molar-refractivity contribution < 1.29 is 9.47 Å². The van der Waals surface area contributed by atoms with Crippen molar-refractivity contribution in [2.75, 3.05) is 26.4 Å². The number of hydrogen-bond acceptors (Lipinski definition) is 3. The van der Waals surface area contributed by atoms with Crippen LogP contribution in [0.15, 0.2) is 67.0 Å². The molecule has 2 aromatic carbocycles. The lowest BCUT2D eigenvalue weighted by Gasteiger charge is -2.11. The second kappa shape index (κ2) is 10.7. The molecule has 1 heterocycles. The van der Waals surface area contributed by atoms with E-state index in [9.17, 15) is 0 Å². The van der Waals surface area contributed by atoms with Crippen LogP contribution in [-0.4, -0.2) is 36.0 Å². The number of rotatable bonds is 11. The number of benzene rings is 2. The molecule has 4 heteroatoms. The normalized spacial score (nSPS) is 11.0. The van der Waals surface area contributed by atoms with E-state index in [1.807, 2.05) is 25.4 Å². The molecule has 3 aromatic rings. The minimum absolute atomic E-state index is 0.673. The highest BCUT2D eigenvalue weighted by Gasteiger charge is 2.14. The third-order valence-electron chi connectivity index (χ3n) is 4.45. The Bertz CT molecular complexity index is 785. The lowest BCUT2D eigenvalue weighted by molar-refractivity contribution is 0.0511. The Kier molecular flexibility index (Phi) is 7.63. The van der Waals surface area contributed by atoms with Gasteiger partial charge >= 0.3 is 0 Å². The maximum atomic E-state index is 5.61. The Morgan fingerprint density at radius 2 is 1.44 bits per heavy atom. The smallest absolute Gasteiger partial charge is 0.0963 e. The first-order valence-electron chi connectivity index (χ1n) is 9.71. The maximum Gasteiger partial charge on any atom is 0.0963 e. The minimum atomic E-state index is 0.673. The largest absolute Gasteiger partial charge is 0.379 e. The summed E-state index contributed by atoms with van der Waals surface area (Å²) >= 11 is 0. The third-order valence-corrected chi connectivity index (χ3v) is 4.45. The van der Waals surface area contributed by atoms with E-state index in [0.717, 1.165) is 43.9 Å². The second-order valence-corrected chi connectivity index (χ2v) is 6.38. The molecule has 1 aromatic heterocycles. The van der Waals surface area contributed by atoms with Gasteiger partial charge in [-0.25, -0.2) is 4.98 Å². The van der Waals surface area contributed by atoms with E-state index in [-0.39, 0.29) is 0 Å². The molecule has 0 fully saturated rings. The summed E-state index contributed by atoms with van der Waals surface area (Å²) in [4.78, 5) is 4.73. The van der Waals surface area contributed by atoms with Gasteiger partial charge in [0.25, 0.3) is 0 Å². The van der Waals surface area contributed by atoms with Crippen molar-refractivity contribution >= 4 is 0 Å². The molecule has 0 radical (unpaired) electrons. The molecule has 0 unspecified atom stereocenters. The van der Waals surface area contributed by atoms with Crippen LogP contribution in [0.5, 0.6) is 0 Å². The zero-order valence-corrected chi connectivity index (χ0v) is 16.0. The molecule has 0 aliphatic heterocycles. The molecule has 0 amide bonds. The zero-order chi connectivity index (χ0) is 18.7. The molecule has 0 aliphatic carbocycles. The topological polar surface area (TPSA) is 36.3 Å². The molecule has 0 bridgehead atoms. The number of aryl methyl sites for hydroxylation is 1. The summed E-state index contributed by atoms with van der Waals surface area (Å²) < 4.78 is 13.2. The van der Waals surface area contributed by atoms with Crippen molar-refractivity contribution in [2.24, 2.45) is 0 Å². The molecule has 3 rings (SSSR count). The van der Waals surface area contributed by atoms with Crippen LogP contribution < -0.4 is 0 Å². The Morgan fingerprint density at radius 3 is 2.15 bits per heavy atom. The van der Waals surface area contributed by atoms with Crippen LogP contribution in [0.4, 0.5) is 0 Å². The number of nitrogens with zero attached hydrogens (tertiary/aromatic N) is 2. The predicted octanol–water partition coefficient (Wildman–Crippen LogP) is 5.05. The van der Waals surface area contributed by atoms with E-state index >= 15 is 0 Å². The first kappa shape index (κ1) is 19.3. The van der Waals surface area contributed by atoms with Crippen molar-refractivity contribution in [3.05, 3.63) is 67.0 Å². The van der Waals surface area contributed by atoms with Gasteiger partial charge in [0.1, 0.15) is 0 Å². The summed E-state index contributed by atoms with van der Waals surface area (Å²) in [6, 6.07) is 20.9. The summed E-state index contributed by atoms with van der Waals surface area (Å²) in [5, 5.41) is 0. The number of imidazole rings is 1. The Hall–Kier alpha value is -2.43. The van der Waals surface area contributed by atoms with E-state index in [4.69, 9.17) is 14.5 Å². The zero-order valence-electron chi connectivity index (χ0n) is 16.0. The van der Waals surface area contributed by atoms with Gasteiger partial charge in [0, 0.05) is 30.9 Å². The van der Waals surface area contributed by atoms with Crippen molar-refractivity contribution in [3.63, 3.8) is 0 Å². The average molecular weight is 364 g/mol. The first-order chi connectivity index (χ1) is 13.4. The van der Waals surface area contributed by atoms with Crippen molar-refractivity contribution in [2.45, 2.75) is 26.3 Å². The fourth-order valence-electron chi connectivity index (χ4n) is 3.11. The number of ether oxygens (including phenoxy) is 2. The van der Waals surface area contributed by atoms with Crippen LogP contribution in [0.2, 0.25) is 0 Å². The van der Waals surface area contributed by atoms with Crippen LogP contribution in [-0.2, 0) is 16.0 Å². The van der Waals surface area contributed by atoms with Crippen LogP contribution in [0.3, 0.4) is 0 Å². The molecule has 0 saturated heterocycles. The Morgan fingerprint density at radius 1 is 0.778 bits per heavy atom. The highest BCUT2D eigenvalue weighted by molar-refractivity contribution is 5.78. The van der Waals surface area contributed by atoms with E-state index in [1.165, 1.54) is 11.3 Å². The molecule has 0 N–H and O–H groups in total. The molecule has 0 atom stereocenters. The molecule has 0 saturated carbocycles. The van der Waals surface area contributed by atoms with Crippen molar-refractivity contribution in [1.82, 2.24) is 9.55 Å². The standard InChI is InChI=1S/C23H28N2O2/c1-2-26-17-18-27-16-10-9-15-25-19-24-22(20-11-5-3-6-12-20)23(25)21-13-7-4-8-14-21/h3-8,11-14,19H,2,9-10,15-18H2,1H3. The van der Waals surface area contributed by atoms with Crippen LogP contribution in [0, 0.1) is 0 Å². The van der Waals surface area contributed by atoms with Gasteiger partial charge in [0.05, 0.1) is 30.9 Å². The predicted molar refractivity (Wildman–Crippen MR) is 110 cm³/mol. The van der Waals surface area contributed by atoms with E-state index < -0.39 is 0 Å². The summed E-state index contributed by atoms with van der Waals surface area (Å²) in [6.45, 7) is 5.80. The molecule has 0 aliphatic rings. The van der Waals surface area contributed by atoms with Gasteiger partial charge in [-0.2, -0.15) is 0 Å². The van der Waals surface area contributed by atoms with Crippen LogP contribution in [0.25, 0.3) is 22.5 Å². The first-order valence-corrected chi connectivity index (χ1v) is 9.71. The van der Waals surface area contributed by atoms with Gasteiger partial charge < -0.3 is 14.0 Å². The number of aromatic nitrogens is 2. The van der Waals surface area contributed by atoms with E-state index in [1.54, 1.807) is 0 Å². The highest BCUT2D eigenvalue weighted by Crippen LogP contribution is 2.31. The average Bonchev–Trinajstić information content (AvgIpc) is 3.15. The van der Waals surface area contributed by atoms with Gasteiger partial charge in [0.15, 0.2) is 0 Å². The van der Waals surface area contributed by atoms with Crippen LogP contribution >= 0.6 is 0 Å². The summed E-state index contributed by atoms with van der Waals surface area (Å²) in [5.74, 6) is 0. The van der Waals surface area contributed by atoms with Crippen molar-refractivity contribution in [3.8, 4) is 22.5 Å². The Labute approximate surface area is 161 Å². The van der Waals surface area contributed by atoms with Gasteiger partial charge in [0.2, 0.25) is 0 Å².